The Balaban J connectivity index is 2.56. The van der Waals surface area contributed by atoms with E-state index in [-0.39, 0.29) is 0 Å². The standard InChI is InChI=1S/C13H12O2/c1-7-4-10-6-11-5-8(2)15-13(11)9(3)12(10)14-7/h4-6H,1-3H3. The van der Waals surface area contributed by atoms with Gasteiger partial charge in [-0.1, -0.05) is 0 Å². The quantitative estimate of drug-likeness (QED) is 0.546. The highest BCUT2D eigenvalue weighted by molar-refractivity contribution is 5.97. The molecule has 2 heterocycles. The first-order valence-electron chi connectivity index (χ1n) is 5.05. The van der Waals surface area contributed by atoms with E-state index in [1.54, 1.807) is 0 Å². The molecule has 0 aliphatic carbocycles. The Hall–Kier alpha value is -1.70. The Morgan fingerprint density at radius 1 is 0.733 bits per heavy atom. The lowest BCUT2D eigenvalue weighted by atomic mass is 10.1. The lowest BCUT2D eigenvalue weighted by molar-refractivity contribution is 0.564. The van der Waals surface area contributed by atoms with Crippen LogP contribution in [-0.4, -0.2) is 0 Å². The van der Waals surface area contributed by atoms with Crippen LogP contribution in [0.5, 0.6) is 0 Å². The third-order valence-electron chi connectivity index (χ3n) is 2.76. The predicted octanol–water partition coefficient (Wildman–Crippen LogP) is 4.10. The van der Waals surface area contributed by atoms with Crippen molar-refractivity contribution in [2.75, 3.05) is 0 Å². The zero-order valence-corrected chi connectivity index (χ0v) is 9.05. The minimum absolute atomic E-state index is 0.939. The highest BCUT2D eigenvalue weighted by Crippen LogP contribution is 2.31. The van der Waals surface area contributed by atoms with Crippen molar-refractivity contribution in [3.63, 3.8) is 0 Å². The Bertz CT molecular complexity index is 601. The van der Waals surface area contributed by atoms with Gasteiger partial charge in [0.1, 0.15) is 22.7 Å². The topological polar surface area (TPSA) is 26.3 Å². The summed E-state index contributed by atoms with van der Waals surface area (Å²) in [5.74, 6) is 1.88. The number of hydrogen-bond donors (Lipinski definition) is 0. The van der Waals surface area contributed by atoms with Gasteiger partial charge in [0.2, 0.25) is 0 Å². The fraction of sp³-hybridized carbons (Fsp3) is 0.231. The van der Waals surface area contributed by atoms with Crippen molar-refractivity contribution in [3.8, 4) is 0 Å². The third kappa shape index (κ3) is 1.11. The highest BCUT2D eigenvalue weighted by Gasteiger charge is 2.11. The van der Waals surface area contributed by atoms with Gasteiger partial charge in [-0.05, 0) is 39.0 Å². The molecule has 1 aromatic carbocycles. The number of hydrogen-bond acceptors (Lipinski definition) is 2. The third-order valence-corrected chi connectivity index (χ3v) is 2.76. The fourth-order valence-corrected chi connectivity index (χ4v) is 2.14. The normalized spacial score (nSPS) is 11.7. The molecule has 0 saturated carbocycles. The summed E-state index contributed by atoms with van der Waals surface area (Å²) in [4.78, 5) is 0. The molecule has 0 atom stereocenters. The molecule has 0 amide bonds. The average molecular weight is 200 g/mol. The Morgan fingerprint density at radius 3 is 1.67 bits per heavy atom. The van der Waals surface area contributed by atoms with Crippen molar-refractivity contribution < 1.29 is 8.83 Å². The maximum Gasteiger partial charge on any atom is 0.140 e. The van der Waals surface area contributed by atoms with Crippen molar-refractivity contribution in [1.82, 2.24) is 0 Å². The van der Waals surface area contributed by atoms with E-state index in [0.29, 0.717) is 0 Å². The summed E-state index contributed by atoms with van der Waals surface area (Å²) < 4.78 is 11.3. The smallest absolute Gasteiger partial charge is 0.140 e. The van der Waals surface area contributed by atoms with Crippen molar-refractivity contribution in [1.29, 1.82) is 0 Å². The van der Waals surface area contributed by atoms with Gasteiger partial charge >= 0.3 is 0 Å². The molecule has 0 bridgehead atoms. The SMILES string of the molecule is Cc1cc2cc3cc(C)oc3c(C)c2o1. The molecule has 0 fully saturated rings. The molecule has 0 unspecified atom stereocenters. The summed E-state index contributed by atoms with van der Waals surface area (Å²) in [6.07, 6.45) is 0. The van der Waals surface area contributed by atoms with E-state index in [1.807, 2.05) is 20.8 Å². The number of benzene rings is 1. The Labute approximate surface area is 87.5 Å². The van der Waals surface area contributed by atoms with Gasteiger partial charge in [-0.3, -0.25) is 0 Å². The van der Waals surface area contributed by atoms with E-state index >= 15 is 0 Å². The molecule has 0 aliphatic heterocycles. The summed E-state index contributed by atoms with van der Waals surface area (Å²) in [6.45, 7) is 5.97. The van der Waals surface area contributed by atoms with Crippen LogP contribution < -0.4 is 0 Å². The van der Waals surface area contributed by atoms with Crippen molar-refractivity contribution in [2.24, 2.45) is 0 Å². The highest BCUT2D eigenvalue weighted by atomic mass is 16.3. The van der Waals surface area contributed by atoms with Crippen LogP contribution in [0, 0.1) is 20.8 Å². The summed E-state index contributed by atoms with van der Waals surface area (Å²) in [5, 5.41) is 2.30. The van der Waals surface area contributed by atoms with Gasteiger partial charge in [-0.25, -0.2) is 0 Å². The predicted molar refractivity (Wildman–Crippen MR) is 60.2 cm³/mol. The molecule has 0 spiro atoms. The van der Waals surface area contributed by atoms with Crippen molar-refractivity contribution >= 4 is 21.9 Å². The molecule has 2 heteroatoms. The van der Waals surface area contributed by atoms with Gasteiger partial charge in [0.15, 0.2) is 0 Å². The summed E-state index contributed by atoms with van der Waals surface area (Å²) in [5.41, 5.74) is 2.97. The van der Waals surface area contributed by atoms with Crippen LogP contribution in [0.2, 0.25) is 0 Å². The summed E-state index contributed by atoms with van der Waals surface area (Å²) >= 11 is 0. The number of furan rings is 2. The number of aryl methyl sites for hydroxylation is 3. The van der Waals surface area contributed by atoms with E-state index < -0.39 is 0 Å². The lowest BCUT2D eigenvalue weighted by Crippen LogP contribution is -1.74. The van der Waals surface area contributed by atoms with Gasteiger partial charge in [-0.15, -0.1) is 0 Å². The van der Waals surface area contributed by atoms with Crippen LogP contribution in [0.3, 0.4) is 0 Å². The lowest BCUT2D eigenvalue weighted by Gasteiger charge is -1.95. The van der Waals surface area contributed by atoms with Crippen molar-refractivity contribution in [2.45, 2.75) is 20.8 Å². The van der Waals surface area contributed by atoms with Gasteiger partial charge in [0.05, 0.1) is 0 Å². The minimum Gasteiger partial charge on any atom is -0.461 e. The summed E-state index contributed by atoms with van der Waals surface area (Å²) in [6, 6.07) is 6.24. The molecule has 2 aromatic heterocycles. The van der Waals surface area contributed by atoms with E-state index in [4.69, 9.17) is 8.83 Å². The van der Waals surface area contributed by atoms with E-state index in [9.17, 15) is 0 Å². The first-order chi connectivity index (χ1) is 7.15. The average Bonchev–Trinajstić information content (AvgIpc) is 2.69. The van der Waals surface area contributed by atoms with Gasteiger partial charge in [0, 0.05) is 16.3 Å². The number of rotatable bonds is 0. The van der Waals surface area contributed by atoms with Crippen LogP contribution in [0.1, 0.15) is 17.1 Å². The molecular weight excluding hydrogens is 188 g/mol. The molecular formula is C13H12O2. The number of fused-ring (bicyclic) bond motifs is 2. The zero-order valence-electron chi connectivity index (χ0n) is 9.05. The van der Waals surface area contributed by atoms with E-state index in [1.165, 1.54) is 0 Å². The largest absolute Gasteiger partial charge is 0.461 e. The van der Waals surface area contributed by atoms with Crippen LogP contribution >= 0.6 is 0 Å². The molecule has 3 rings (SSSR count). The minimum atomic E-state index is 0.939. The first-order valence-corrected chi connectivity index (χ1v) is 5.05. The first kappa shape index (κ1) is 8.60. The molecule has 76 valence electrons. The second-order valence-corrected chi connectivity index (χ2v) is 4.05. The molecule has 15 heavy (non-hydrogen) atoms. The van der Waals surface area contributed by atoms with Crippen LogP contribution in [0.4, 0.5) is 0 Å². The summed E-state index contributed by atoms with van der Waals surface area (Å²) in [7, 11) is 0. The van der Waals surface area contributed by atoms with Crippen LogP contribution in [-0.2, 0) is 0 Å². The molecule has 0 radical (unpaired) electrons. The molecule has 2 nitrogen and oxygen atoms in total. The van der Waals surface area contributed by atoms with Gasteiger partial charge in [-0.2, -0.15) is 0 Å². The van der Waals surface area contributed by atoms with Crippen LogP contribution in [0.15, 0.2) is 27.0 Å². The molecule has 3 aromatic rings. The monoisotopic (exact) mass is 200 g/mol. The second-order valence-electron chi connectivity index (χ2n) is 4.05. The van der Waals surface area contributed by atoms with Crippen LogP contribution in [0.25, 0.3) is 21.9 Å². The fourth-order valence-electron chi connectivity index (χ4n) is 2.14. The maximum atomic E-state index is 5.66. The maximum absolute atomic E-state index is 5.66. The second kappa shape index (κ2) is 2.66. The Kier molecular flexibility index (Phi) is 1.52. The molecule has 0 aliphatic rings. The van der Waals surface area contributed by atoms with Gasteiger partial charge < -0.3 is 8.83 Å². The van der Waals surface area contributed by atoms with Crippen molar-refractivity contribution in [3.05, 3.63) is 35.3 Å². The zero-order chi connectivity index (χ0) is 10.6. The van der Waals surface area contributed by atoms with E-state index in [2.05, 4.69) is 18.2 Å². The molecule has 0 saturated heterocycles. The van der Waals surface area contributed by atoms with E-state index in [0.717, 1.165) is 39.0 Å². The Morgan fingerprint density at radius 2 is 1.20 bits per heavy atom. The van der Waals surface area contributed by atoms with Gasteiger partial charge in [0.25, 0.3) is 0 Å². The molecule has 0 N–H and O–H groups in total.